The summed E-state index contributed by atoms with van der Waals surface area (Å²) in [7, 11) is 0. The third kappa shape index (κ3) is 4.26. The molecule has 0 saturated heterocycles. The predicted molar refractivity (Wildman–Crippen MR) is 69.1 cm³/mol. The Balaban J connectivity index is 2.66. The summed E-state index contributed by atoms with van der Waals surface area (Å²) in [6.45, 7) is 4.13. The van der Waals surface area contributed by atoms with Crippen LogP contribution in [-0.2, 0) is 9.53 Å². The van der Waals surface area contributed by atoms with Crippen LogP contribution in [0.5, 0.6) is 0 Å². The molecule has 0 unspecified atom stereocenters. The first-order chi connectivity index (χ1) is 8.67. The molecule has 94 valence electrons. The second-order valence-corrected chi connectivity index (χ2v) is 3.69. The minimum atomic E-state index is -0.709. The number of nitrogens with one attached hydrogen (secondary N) is 1. The molecule has 0 aromatic heterocycles. The second-order valence-electron chi connectivity index (χ2n) is 3.69. The van der Waals surface area contributed by atoms with Gasteiger partial charge in [-0.05, 0) is 25.5 Å². The fourth-order valence-corrected chi connectivity index (χ4v) is 1.13. The number of carbonyl (C=O) groups is 1. The number of aryl methyl sites for hydroxylation is 1. The largest absolute Gasteiger partial charge is 0.460 e. The molecule has 18 heavy (non-hydrogen) atoms. The van der Waals surface area contributed by atoms with Crippen LogP contribution in [0.4, 0.5) is 5.69 Å². The average Bonchev–Trinajstić information content (AvgIpc) is 2.39. The summed E-state index contributed by atoms with van der Waals surface area (Å²) in [5.74, 6) is -0.709. The zero-order chi connectivity index (χ0) is 13.4. The maximum Gasteiger partial charge on any atom is 0.369 e. The van der Waals surface area contributed by atoms with Crippen LogP contribution in [0.3, 0.4) is 0 Å². The van der Waals surface area contributed by atoms with E-state index in [9.17, 15) is 4.79 Å². The van der Waals surface area contributed by atoms with Gasteiger partial charge in [0.15, 0.2) is 0 Å². The molecule has 5 nitrogen and oxygen atoms in total. The second kappa shape index (κ2) is 7.07. The number of ether oxygens (including phenoxy) is 1. The van der Waals surface area contributed by atoms with Crippen molar-refractivity contribution in [1.29, 1.82) is 5.26 Å². The molecule has 0 bridgehead atoms. The van der Waals surface area contributed by atoms with Crippen LogP contribution < -0.4 is 5.43 Å². The van der Waals surface area contributed by atoms with Gasteiger partial charge in [-0.2, -0.15) is 10.4 Å². The molecule has 5 heteroatoms. The smallest absolute Gasteiger partial charge is 0.369 e. The van der Waals surface area contributed by atoms with Crippen molar-refractivity contribution < 1.29 is 9.53 Å². The zero-order valence-electron chi connectivity index (χ0n) is 10.4. The van der Waals surface area contributed by atoms with Crippen LogP contribution in [-0.4, -0.2) is 18.3 Å². The molecule has 0 saturated carbocycles. The van der Waals surface area contributed by atoms with E-state index in [1.807, 2.05) is 38.1 Å². The molecule has 1 aromatic carbocycles. The van der Waals surface area contributed by atoms with Gasteiger partial charge < -0.3 is 4.74 Å². The Morgan fingerprint density at radius 1 is 1.44 bits per heavy atom. The molecule has 0 aliphatic rings. The topological polar surface area (TPSA) is 74.5 Å². The van der Waals surface area contributed by atoms with E-state index in [4.69, 9.17) is 10.00 Å². The third-order valence-corrected chi connectivity index (χ3v) is 2.08. The summed E-state index contributed by atoms with van der Waals surface area (Å²) in [4.78, 5) is 11.4. The van der Waals surface area contributed by atoms with Crippen LogP contribution in [0.25, 0.3) is 0 Å². The summed E-state index contributed by atoms with van der Waals surface area (Å²) in [5.41, 5.74) is 4.18. The number of hydrazone groups is 1. The van der Waals surface area contributed by atoms with Crippen LogP contribution in [0.1, 0.15) is 18.9 Å². The van der Waals surface area contributed by atoms with Gasteiger partial charge in [-0.25, -0.2) is 4.79 Å². The highest BCUT2D eigenvalue weighted by molar-refractivity contribution is 6.43. The van der Waals surface area contributed by atoms with Crippen molar-refractivity contribution in [3.63, 3.8) is 0 Å². The summed E-state index contributed by atoms with van der Waals surface area (Å²) in [6, 6.07) is 9.13. The SMILES string of the molecule is CCCOC(=O)/C(C#N)=N\Nc1ccc(C)cc1. The van der Waals surface area contributed by atoms with Gasteiger partial charge in [-0.1, -0.05) is 24.6 Å². The minimum absolute atomic E-state index is 0.282. The van der Waals surface area contributed by atoms with Gasteiger partial charge in [0.2, 0.25) is 5.71 Å². The van der Waals surface area contributed by atoms with Gasteiger partial charge in [0, 0.05) is 0 Å². The maximum absolute atomic E-state index is 11.4. The molecule has 0 spiro atoms. The molecule has 0 aliphatic carbocycles. The van der Waals surface area contributed by atoms with Crippen molar-refractivity contribution in [3.05, 3.63) is 29.8 Å². The van der Waals surface area contributed by atoms with E-state index in [1.54, 1.807) is 6.07 Å². The van der Waals surface area contributed by atoms with Gasteiger partial charge in [0.25, 0.3) is 0 Å². The summed E-state index contributed by atoms with van der Waals surface area (Å²) in [6.07, 6.45) is 0.704. The number of rotatable bonds is 5. The van der Waals surface area contributed by atoms with Crippen molar-refractivity contribution in [2.24, 2.45) is 5.10 Å². The fraction of sp³-hybridized carbons (Fsp3) is 0.308. The lowest BCUT2D eigenvalue weighted by atomic mass is 10.2. The van der Waals surface area contributed by atoms with Gasteiger partial charge in [-0.3, -0.25) is 5.43 Å². The average molecular weight is 245 g/mol. The van der Waals surface area contributed by atoms with Crippen molar-refractivity contribution in [1.82, 2.24) is 0 Å². The predicted octanol–water partition coefficient (Wildman–Crippen LogP) is 2.24. The maximum atomic E-state index is 11.4. The number of benzene rings is 1. The van der Waals surface area contributed by atoms with Gasteiger partial charge in [0.1, 0.15) is 6.07 Å². The molecule has 0 aliphatic heterocycles. The van der Waals surface area contributed by atoms with Crippen molar-refractivity contribution >= 4 is 17.4 Å². The van der Waals surface area contributed by atoms with E-state index in [0.29, 0.717) is 12.1 Å². The molecule has 0 atom stereocenters. The highest BCUT2D eigenvalue weighted by atomic mass is 16.5. The fourth-order valence-electron chi connectivity index (χ4n) is 1.13. The highest BCUT2D eigenvalue weighted by Crippen LogP contribution is 2.08. The van der Waals surface area contributed by atoms with E-state index in [1.165, 1.54) is 0 Å². The summed E-state index contributed by atoms with van der Waals surface area (Å²) >= 11 is 0. The Morgan fingerprint density at radius 2 is 2.11 bits per heavy atom. The van der Waals surface area contributed by atoms with E-state index < -0.39 is 5.97 Å². The van der Waals surface area contributed by atoms with Gasteiger partial charge in [0.05, 0.1) is 12.3 Å². The molecule has 0 fully saturated rings. The first-order valence-electron chi connectivity index (χ1n) is 5.65. The molecule has 1 N–H and O–H groups in total. The van der Waals surface area contributed by atoms with Crippen molar-refractivity contribution in [2.45, 2.75) is 20.3 Å². The molecule has 0 heterocycles. The Hall–Kier alpha value is -2.35. The Kier molecular flexibility index (Phi) is 5.39. The minimum Gasteiger partial charge on any atom is -0.460 e. The van der Waals surface area contributed by atoms with E-state index in [-0.39, 0.29) is 12.3 Å². The van der Waals surface area contributed by atoms with E-state index >= 15 is 0 Å². The lowest BCUT2D eigenvalue weighted by Gasteiger charge is -2.02. The van der Waals surface area contributed by atoms with Gasteiger partial charge >= 0.3 is 5.97 Å². The van der Waals surface area contributed by atoms with Crippen LogP contribution in [0.15, 0.2) is 29.4 Å². The molecule has 0 amide bonds. The third-order valence-electron chi connectivity index (χ3n) is 2.08. The molecule has 1 rings (SSSR count). The number of anilines is 1. The van der Waals surface area contributed by atoms with Crippen molar-refractivity contribution in [2.75, 3.05) is 12.0 Å². The molecule has 1 aromatic rings. The normalized spacial score (nSPS) is 10.6. The Morgan fingerprint density at radius 3 is 2.67 bits per heavy atom. The van der Waals surface area contributed by atoms with Crippen molar-refractivity contribution in [3.8, 4) is 6.07 Å². The monoisotopic (exact) mass is 245 g/mol. The van der Waals surface area contributed by atoms with Crippen LogP contribution in [0.2, 0.25) is 0 Å². The first-order valence-corrected chi connectivity index (χ1v) is 5.65. The lowest BCUT2D eigenvalue weighted by Crippen LogP contribution is -2.17. The Labute approximate surface area is 106 Å². The van der Waals surface area contributed by atoms with E-state index in [2.05, 4.69) is 10.5 Å². The number of nitrogens with zero attached hydrogens (tertiary/aromatic N) is 2. The van der Waals surface area contributed by atoms with Crippen LogP contribution in [0, 0.1) is 18.3 Å². The summed E-state index contributed by atoms with van der Waals surface area (Å²) in [5, 5.41) is 12.5. The standard InChI is InChI=1S/C13H15N3O2/c1-3-8-18-13(17)12(9-14)16-15-11-6-4-10(2)5-7-11/h4-7,15H,3,8H2,1-2H3/b16-12-. The number of nitriles is 1. The number of hydrogen-bond acceptors (Lipinski definition) is 5. The number of hydrogen-bond donors (Lipinski definition) is 1. The molecule has 0 radical (unpaired) electrons. The lowest BCUT2D eigenvalue weighted by molar-refractivity contribution is -0.135. The molecular formula is C13H15N3O2. The quantitative estimate of drug-likeness (QED) is 0.490. The number of esters is 1. The highest BCUT2D eigenvalue weighted by Gasteiger charge is 2.11. The Bertz CT molecular complexity index is 472. The molecular weight excluding hydrogens is 230 g/mol. The van der Waals surface area contributed by atoms with Gasteiger partial charge in [-0.15, -0.1) is 0 Å². The van der Waals surface area contributed by atoms with Crippen LogP contribution >= 0.6 is 0 Å². The summed E-state index contributed by atoms with van der Waals surface area (Å²) < 4.78 is 4.82. The first kappa shape index (κ1) is 13.7. The number of carbonyl (C=O) groups excluding carboxylic acids is 1. The van der Waals surface area contributed by atoms with E-state index in [0.717, 1.165) is 5.56 Å². The zero-order valence-corrected chi connectivity index (χ0v) is 10.4.